The summed E-state index contributed by atoms with van der Waals surface area (Å²) < 4.78 is 2.07. The van der Waals surface area contributed by atoms with Crippen molar-refractivity contribution in [2.45, 2.75) is 20.8 Å². The van der Waals surface area contributed by atoms with Gasteiger partial charge in [-0.05, 0) is 68.8 Å². The van der Waals surface area contributed by atoms with Crippen LogP contribution < -0.4 is 10.7 Å². The molecule has 0 atom stereocenters. The highest BCUT2D eigenvalue weighted by atomic mass is 35.5. The fraction of sp³-hybridized carbons (Fsp3) is 0.136. The van der Waals surface area contributed by atoms with Crippen LogP contribution in [0.2, 0.25) is 10.0 Å². The number of nitrogens with zero attached hydrogens (tertiary/aromatic N) is 2. The average Bonchev–Trinajstić information content (AvgIpc) is 2.98. The molecule has 2 N–H and O–H groups in total. The van der Waals surface area contributed by atoms with Gasteiger partial charge in [-0.2, -0.15) is 5.10 Å². The summed E-state index contributed by atoms with van der Waals surface area (Å²) in [7, 11) is 0. The van der Waals surface area contributed by atoms with Gasteiger partial charge in [0, 0.05) is 38.4 Å². The van der Waals surface area contributed by atoms with Crippen LogP contribution in [0.25, 0.3) is 5.69 Å². The number of halogens is 2. The Labute approximate surface area is 184 Å². The Kier molecular flexibility index (Phi) is 6.59. The monoisotopic (exact) mass is 442 g/mol. The minimum atomic E-state index is -0.874. The largest absolute Gasteiger partial charge is 0.329 e. The van der Waals surface area contributed by atoms with Gasteiger partial charge < -0.3 is 9.88 Å². The lowest BCUT2D eigenvalue weighted by molar-refractivity contribution is -0.136. The average molecular weight is 443 g/mol. The van der Waals surface area contributed by atoms with Crippen molar-refractivity contribution in [2.24, 2.45) is 5.10 Å². The number of carbonyl (C=O) groups excluding carboxylic acids is 2. The second kappa shape index (κ2) is 9.15. The molecule has 1 heterocycles. The number of aromatic nitrogens is 1. The molecule has 8 heteroatoms. The number of rotatable bonds is 4. The molecule has 0 saturated carbocycles. The van der Waals surface area contributed by atoms with E-state index < -0.39 is 11.8 Å². The van der Waals surface area contributed by atoms with Gasteiger partial charge in [-0.25, -0.2) is 5.43 Å². The van der Waals surface area contributed by atoms with Gasteiger partial charge in [0.25, 0.3) is 0 Å². The molecule has 3 rings (SSSR count). The van der Waals surface area contributed by atoms with Crippen LogP contribution >= 0.6 is 23.2 Å². The van der Waals surface area contributed by atoms with Gasteiger partial charge in [0.05, 0.1) is 6.21 Å². The lowest BCUT2D eigenvalue weighted by Gasteiger charge is -2.13. The molecule has 3 aromatic rings. The highest BCUT2D eigenvalue weighted by Crippen LogP contribution is 2.25. The van der Waals surface area contributed by atoms with Gasteiger partial charge in [-0.15, -0.1) is 0 Å². The highest BCUT2D eigenvalue weighted by molar-refractivity contribution is 6.39. The van der Waals surface area contributed by atoms with Crippen LogP contribution in [-0.2, 0) is 9.59 Å². The maximum Gasteiger partial charge on any atom is 0.329 e. The van der Waals surface area contributed by atoms with Crippen molar-refractivity contribution in [3.8, 4) is 5.69 Å². The normalized spacial score (nSPS) is 11.0. The molecule has 0 bridgehead atoms. The van der Waals surface area contributed by atoms with Gasteiger partial charge in [-0.1, -0.05) is 29.3 Å². The van der Waals surface area contributed by atoms with Gasteiger partial charge in [0.1, 0.15) is 0 Å². The van der Waals surface area contributed by atoms with Crippen LogP contribution in [0, 0.1) is 20.8 Å². The Morgan fingerprint density at radius 2 is 1.60 bits per heavy atom. The van der Waals surface area contributed by atoms with E-state index >= 15 is 0 Å². The number of hydrogen-bond acceptors (Lipinski definition) is 3. The van der Waals surface area contributed by atoms with E-state index in [1.807, 2.05) is 45.0 Å². The predicted octanol–water partition coefficient (Wildman–Crippen LogP) is 4.80. The molecule has 0 spiro atoms. The maximum atomic E-state index is 12.0. The quantitative estimate of drug-likeness (QED) is 0.345. The number of nitrogens with one attached hydrogen (secondary N) is 2. The number of aryl methyl sites for hydroxylation is 2. The second-order valence-corrected chi connectivity index (χ2v) is 7.63. The van der Waals surface area contributed by atoms with E-state index in [9.17, 15) is 9.59 Å². The third-order valence-electron chi connectivity index (χ3n) is 4.56. The van der Waals surface area contributed by atoms with Crippen LogP contribution in [0.4, 0.5) is 5.69 Å². The summed E-state index contributed by atoms with van der Waals surface area (Å²) in [5.74, 6) is -1.70. The molecule has 6 nitrogen and oxygen atoms in total. The molecule has 2 amide bonds. The zero-order valence-corrected chi connectivity index (χ0v) is 18.2. The molecule has 0 radical (unpaired) electrons. The summed E-state index contributed by atoms with van der Waals surface area (Å²) in [4.78, 5) is 24.0. The van der Waals surface area contributed by atoms with Crippen molar-refractivity contribution in [3.05, 3.63) is 81.1 Å². The zero-order valence-electron chi connectivity index (χ0n) is 16.7. The summed E-state index contributed by atoms with van der Waals surface area (Å²) in [5, 5.41) is 7.58. The Bertz CT molecular complexity index is 1130. The Balaban J connectivity index is 1.70. The molecule has 154 valence electrons. The van der Waals surface area contributed by atoms with Gasteiger partial charge in [-0.3, -0.25) is 9.59 Å². The molecule has 0 aliphatic rings. The minimum Gasteiger partial charge on any atom is -0.318 e. The second-order valence-electron chi connectivity index (χ2n) is 6.75. The Morgan fingerprint density at radius 1 is 0.933 bits per heavy atom. The van der Waals surface area contributed by atoms with Gasteiger partial charge >= 0.3 is 11.8 Å². The summed E-state index contributed by atoms with van der Waals surface area (Å²) in [6.07, 6.45) is 1.51. The first-order valence-corrected chi connectivity index (χ1v) is 9.87. The highest BCUT2D eigenvalue weighted by Gasteiger charge is 2.14. The van der Waals surface area contributed by atoms with E-state index in [0.717, 1.165) is 28.2 Å². The van der Waals surface area contributed by atoms with Crippen LogP contribution in [0.1, 0.15) is 22.5 Å². The van der Waals surface area contributed by atoms with E-state index in [1.54, 1.807) is 24.3 Å². The summed E-state index contributed by atoms with van der Waals surface area (Å²) >= 11 is 12.0. The molecule has 0 saturated heterocycles. The van der Waals surface area contributed by atoms with Crippen molar-refractivity contribution in [1.82, 2.24) is 9.99 Å². The lowest BCUT2D eigenvalue weighted by Crippen LogP contribution is -2.32. The van der Waals surface area contributed by atoms with Crippen molar-refractivity contribution < 1.29 is 9.59 Å². The fourth-order valence-corrected chi connectivity index (χ4v) is 3.34. The molecular formula is C22H20Cl2N4O2. The topological polar surface area (TPSA) is 75.5 Å². The van der Waals surface area contributed by atoms with Crippen LogP contribution in [0.5, 0.6) is 0 Å². The molecule has 2 aromatic carbocycles. The van der Waals surface area contributed by atoms with Gasteiger partial charge in [0.15, 0.2) is 0 Å². The standard InChI is InChI=1S/C22H20Cl2N4O2/c1-13-4-5-18(24)11-20(13)28-14(2)10-16(15(28)3)12-25-27-22(30)21(29)26-19-8-6-17(23)7-9-19/h4-12H,1-3H3,(H,26,29)(H,27,30)/b25-12-. The number of amides is 2. The molecule has 0 unspecified atom stereocenters. The summed E-state index contributed by atoms with van der Waals surface area (Å²) in [6.45, 7) is 5.93. The first-order chi connectivity index (χ1) is 14.3. The summed E-state index contributed by atoms with van der Waals surface area (Å²) in [6, 6.07) is 14.1. The van der Waals surface area contributed by atoms with E-state index in [1.165, 1.54) is 6.21 Å². The third kappa shape index (κ3) is 4.90. The van der Waals surface area contributed by atoms with E-state index in [0.29, 0.717) is 15.7 Å². The van der Waals surface area contributed by atoms with E-state index in [2.05, 4.69) is 20.4 Å². The van der Waals surface area contributed by atoms with Crippen LogP contribution in [0.3, 0.4) is 0 Å². The van der Waals surface area contributed by atoms with Gasteiger partial charge in [0.2, 0.25) is 0 Å². The number of benzene rings is 2. The third-order valence-corrected chi connectivity index (χ3v) is 5.05. The summed E-state index contributed by atoms with van der Waals surface area (Å²) in [5.41, 5.74) is 7.49. The maximum absolute atomic E-state index is 12.0. The number of anilines is 1. The minimum absolute atomic E-state index is 0.462. The zero-order chi connectivity index (χ0) is 21.8. The SMILES string of the molecule is Cc1ccc(Cl)cc1-n1c(C)cc(/C=N\NC(=O)C(=O)Nc2ccc(Cl)cc2)c1C. The molecule has 0 aliphatic heterocycles. The molecule has 0 aliphatic carbocycles. The van der Waals surface area contributed by atoms with E-state index in [-0.39, 0.29) is 0 Å². The van der Waals surface area contributed by atoms with Crippen molar-refractivity contribution >= 4 is 46.9 Å². The Hall–Kier alpha value is -3.09. The molecule has 30 heavy (non-hydrogen) atoms. The predicted molar refractivity (Wildman–Crippen MR) is 121 cm³/mol. The number of hydrogen-bond donors (Lipinski definition) is 2. The molecule has 0 fully saturated rings. The first-order valence-electron chi connectivity index (χ1n) is 9.11. The first kappa shape index (κ1) is 21.6. The lowest BCUT2D eigenvalue weighted by atomic mass is 10.2. The van der Waals surface area contributed by atoms with Crippen molar-refractivity contribution in [3.63, 3.8) is 0 Å². The van der Waals surface area contributed by atoms with Crippen LogP contribution in [0.15, 0.2) is 53.6 Å². The Morgan fingerprint density at radius 3 is 2.30 bits per heavy atom. The smallest absolute Gasteiger partial charge is 0.318 e. The molecule has 1 aromatic heterocycles. The molecular weight excluding hydrogens is 423 g/mol. The van der Waals surface area contributed by atoms with Crippen molar-refractivity contribution in [2.75, 3.05) is 5.32 Å². The number of carbonyl (C=O) groups is 2. The fourth-order valence-electron chi connectivity index (χ4n) is 3.04. The number of hydrazone groups is 1. The van der Waals surface area contributed by atoms with Crippen molar-refractivity contribution in [1.29, 1.82) is 0 Å². The van der Waals surface area contributed by atoms with E-state index in [4.69, 9.17) is 23.2 Å². The van der Waals surface area contributed by atoms with Crippen LogP contribution in [-0.4, -0.2) is 22.6 Å².